The van der Waals surface area contributed by atoms with E-state index < -0.39 is 0 Å². The van der Waals surface area contributed by atoms with Gasteiger partial charge in [-0.3, -0.25) is 0 Å². The van der Waals surface area contributed by atoms with Crippen LogP contribution in [0.2, 0.25) is 0 Å². The van der Waals surface area contributed by atoms with Gasteiger partial charge in [-0.05, 0) is 0 Å². The molecule has 4 heteroatoms. The summed E-state index contributed by atoms with van der Waals surface area (Å²) in [6.07, 6.45) is 0. The predicted molar refractivity (Wildman–Crippen MR) is 19.4 cm³/mol. The summed E-state index contributed by atoms with van der Waals surface area (Å²) in [4.78, 5) is 0. The van der Waals surface area contributed by atoms with Crippen molar-refractivity contribution in [3.8, 4) is 0 Å². The molecule has 0 aromatic heterocycles. The molecule has 24 valence electrons. The normalized spacial score (nSPS) is 1.50. The van der Waals surface area contributed by atoms with Gasteiger partial charge in [0, 0.05) is 0 Å². The van der Waals surface area contributed by atoms with Crippen LogP contribution in [0.15, 0.2) is 0 Å². The zero-order valence-corrected chi connectivity index (χ0v) is 9.49. The Morgan fingerprint density at radius 1 is 1.25 bits per heavy atom. The van der Waals surface area contributed by atoms with Crippen molar-refractivity contribution in [3.63, 3.8) is 0 Å². The first-order chi connectivity index (χ1) is 1.00. The fourth-order valence-electron chi connectivity index (χ4n) is 0. The molecular formula is H4CdOSSe. The number of thiol groups is 1. The predicted octanol–water partition coefficient (Wildman–Crippen LogP) is -1.58. The Hall–Kier alpha value is 1.59. The van der Waals surface area contributed by atoms with Crippen LogP contribution in [0.4, 0.5) is 0 Å². The van der Waals surface area contributed by atoms with Crippen molar-refractivity contribution >= 4 is 30.6 Å². The standard InChI is InChI=1S/Cd.O.H2S.H2Se/h;;2*1H2. The van der Waals surface area contributed by atoms with Crippen LogP contribution in [0.1, 0.15) is 0 Å². The molecule has 0 N–H and O–H groups in total. The van der Waals surface area contributed by atoms with Gasteiger partial charge in [-0.1, -0.05) is 0 Å². The van der Waals surface area contributed by atoms with Crippen molar-refractivity contribution in [1.82, 2.24) is 0 Å². The molecule has 0 aliphatic carbocycles. The summed E-state index contributed by atoms with van der Waals surface area (Å²) >= 11 is -0.1000. The molecule has 0 fully saturated rings. The van der Waals surface area contributed by atoms with Gasteiger partial charge in [0.25, 0.3) is 0 Å². The van der Waals surface area contributed by atoms with E-state index in [0.717, 1.165) is 0 Å². The van der Waals surface area contributed by atoms with E-state index in [9.17, 15) is 0 Å². The van der Waals surface area contributed by atoms with Gasteiger partial charge in [0.05, 0.1) is 0 Å². The molecule has 0 aliphatic heterocycles. The zero-order chi connectivity index (χ0) is 2.00. The van der Waals surface area contributed by atoms with Crippen LogP contribution in [-0.4, -0.2) is 17.1 Å². The van der Waals surface area contributed by atoms with Crippen LogP contribution in [0.5, 0.6) is 0 Å². The molecule has 0 aliphatic rings. The summed E-state index contributed by atoms with van der Waals surface area (Å²) in [5.74, 6) is 0. The fourth-order valence-corrected chi connectivity index (χ4v) is 0. The Bertz CT molecular complexity index is 8.00. The third-order valence-electron chi connectivity index (χ3n) is 0. The Balaban J connectivity index is -0.00000000500. The van der Waals surface area contributed by atoms with E-state index in [1.807, 2.05) is 0 Å². The van der Waals surface area contributed by atoms with Gasteiger partial charge < -0.3 is 13.5 Å². The molecule has 0 heterocycles. The third kappa shape index (κ3) is 9.52. The minimum atomic E-state index is -0.1000. The SMILES string of the molecule is [O]=[Cd].[SH-].[SeH3+]. The van der Waals surface area contributed by atoms with Crippen molar-refractivity contribution in [2.24, 2.45) is 0 Å². The average Bonchev–Trinajstić information content (AvgIpc) is 1.00. The minimum absolute atomic E-state index is 0. The number of hydrogen-bond donors (Lipinski definition) is 0. The van der Waals surface area contributed by atoms with Gasteiger partial charge in [0.2, 0.25) is 0 Å². The fraction of sp³-hybridized carbons (Fsp3) is 0. The molecule has 0 unspecified atom stereocenters. The van der Waals surface area contributed by atoms with Gasteiger partial charge >= 0.3 is 45.5 Å². The molecule has 0 amide bonds. The van der Waals surface area contributed by atoms with Gasteiger partial charge in [-0.2, -0.15) is 0 Å². The Labute approximate surface area is 58.6 Å². The molecule has 0 rings (SSSR count). The van der Waals surface area contributed by atoms with E-state index in [1.54, 1.807) is 0 Å². The van der Waals surface area contributed by atoms with Crippen LogP contribution >= 0.6 is 0 Å². The summed E-state index contributed by atoms with van der Waals surface area (Å²) in [5.41, 5.74) is 0. The Morgan fingerprint density at radius 3 is 1.25 bits per heavy atom. The van der Waals surface area contributed by atoms with E-state index in [4.69, 9.17) is 2.69 Å². The van der Waals surface area contributed by atoms with Gasteiger partial charge in [0.1, 0.15) is 0 Å². The van der Waals surface area contributed by atoms with Crippen molar-refractivity contribution in [2.75, 3.05) is 0 Å². The Morgan fingerprint density at radius 2 is 1.25 bits per heavy atom. The van der Waals surface area contributed by atoms with Crippen LogP contribution in [-0.2, 0) is 42.0 Å². The van der Waals surface area contributed by atoms with E-state index in [1.165, 1.54) is 0 Å². The number of rotatable bonds is 0. The summed E-state index contributed by atoms with van der Waals surface area (Å²) in [5, 5.41) is 0. The molecule has 0 aromatic rings. The molecule has 0 atom stereocenters. The van der Waals surface area contributed by atoms with Crippen molar-refractivity contribution in [3.05, 3.63) is 0 Å². The first-order valence-electron chi connectivity index (χ1n) is 0.289. The van der Waals surface area contributed by atoms with E-state index in [-0.39, 0.29) is 56.3 Å². The Kier molecular flexibility index (Phi) is 103. The van der Waals surface area contributed by atoms with E-state index >= 15 is 0 Å². The molecule has 0 saturated heterocycles. The number of hydrogen-bond acceptors (Lipinski definition) is 2. The van der Waals surface area contributed by atoms with Gasteiger partial charge in [0.15, 0.2) is 0 Å². The summed E-state index contributed by atoms with van der Waals surface area (Å²) in [6, 6.07) is 0. The molecule has 0 radical (unpaired) electrons. The van der Waals surface area contributed by atoms with Crippen LogP contribution in [0.25, 0.3) is 0 Å². The second-order valence-electron chi connectivity index (χ2n) is 0. The zero-order valence-electron chi connectivity index (χ0n) is 2.14. The second-order valence-corrected chi connectivity index (χ2v) is 0. The van der Waals surface area contributed by atoms with Gasteiger partial charge in [-0.15, -0.1) is 0 Å². The van der Waals surface area contributed by atoms with Crippen LogP contribution < -0.4 is 0 Å². The van der Waals surface area contributed by atoms with Crippen molar-refractivity contribution in [2.45, 2.75) is 0 Å². The maximum atomic E-state index is 8.42. The summed E-state index contributed by atoms with van der Waals surface area (Å²) in [6.45, 7) is 0. The first-order valence-corrected chi connectivity index (χ1v) is 1.94. The van der Waals surface area contributed by atoms with Crippen LogP contribution in [0.3, 0.4) is 0 Å². The molecule has 0 bridgehead atoms. The van der Waals surface area contributed by atoms with E-state index in [2.05, 4.69) is 0 Å². The van der Waals surface area contributed by atoms with Crippen LogP contribution in [0, 0.1) is 0 Å². The second kappa shape index (κ2) is 23.4. The summed E-state index contributed by atoms with van der Waals surface area (Å²) in [7, 11) is 0. The van der Waals surface area contributed by atoms with Crippen molar-refractivity contribution < 1.29 is 28.5 Å². The quantitative estimate of drug-likeness (QED) is 0.290. The molecule has 4 heavy (non-hydrogen) atoms. The monoisotopic (exact) mass is 246 g/mol. The third-order valence-corrected chi connectivity index (χ3v) is 0. The van der Waals surface area contributed by atoms with E-state index in [0.29, 0.717) is 0 Å². The molecule has 0 saturated carbocycles. The maximum absolute atomic E-state index is 8.42. The van der Waals surface area contributed by atoms with Gasteiger partial charge in [-0.25, -0.2) is 0 Å². The average molecular weight is 243 g/mol. The van der Waals surface area contributed by atoms with Crippen molar-refractivity contribution in [1.29, 1.82) is 0 Å². The molecular weight excluding hydrogens is 239 g/mol. The molecule has 1 nitrogen and oxygen atoms in total. The summed E-state index contributed by atoms with van der Waals surface area (Å²) < 4.78 is 8.42. The molecule has 0 spiro atoms. The topological polar surface area (TPSA) is 17.1 Å². The molecule has 0 aromatic carbocycles. The first kappa shape index (κ1) is 17.6.